The number of hydrogen-bond acceptors (Lipinski definition) is 3. The summed E-state index contributed by atoms with van der Waals surface area (Å²) in [5, 5.41) is 8.93. The highest BCUT2D eigenvalue weighted by Crippen LogP contribution is 2.22. The second-order valence-corrected chi connectivity index (χ2v) is 5.05. The van der Waals surface area contributed by atoms with Crippen LogP contribution in [0.5, 0.6) is 0 Å². The van der Waals surface area contributed by atoms with Crippen molar-refractivity contribution >= 4 is 11.9 Å². The summed E-state index contributed by atoms with van der Waals surface area (Å²) < 4.78 is 0. The maximum atomic E-state index is 12.1. The number of aliphatic carboxylic acids is 1. The van der Waals surface area contributed by atoms with Crippen molar-refractivity contribution in [1.82, 2.24) is 9.88 Å². The van der Waals surface area contributed by atoms with E-state index in [9.17, 15) is 9.59 Å². The Morgan fingerprint density at radius 2 is 2.16 bits per heavy atom. The molecule has 2 atom stereocenters. The Kier molecular flexibility index (Phi) is 4.14. The van der Waals surface area contributed by atoms with E-state index in [1.165, 1.54) is 0 Å². The van der Waals surface area contributed by atoms with Crippen molar-refractivity contribution in [1.29, 1.82) is 0 Å². The molecule has 0 saturated carbocycles. The molecule has 2 rings (SSSR count). The molecule has 0 aromatic carbocycles. The molecule has 1 aromatic heterocycles. The van der Waals surface area contributed by atoms with Crippen LogP contribution < -0.4 is 0 Å². The van der Waals surface area contributed by atoms with Gasteiger partial charge in [-0.05, 0) is 30.0 Å². The van der Waals surface area contributed by atoms with Gasteiger partial charge >= 0.3 is 5.97 Å². The number of likely N-dealkylation sites (tertiary alicyclic amines) is 1. The molecular formula is C14H18N2O3. The summed E-state index contributed by atoms with van der Waals surface area (Å²) in [4.78, 5) is 28.6. The van der Waals surface area contributed by atoms with Crippen LogP contribution in [-0.2, 0) is 9.59 Å². The zero-order chi connectivity index (χ0) is 13.8. The van der Waals surface area contributed by atoms with E-state index in [2.05, 4.69) is 4.98 Å². The fourth-order valence-corrected chi connectivity index (χ4v) is 2.39. The SMILES string of the molecule is C[C@H](CC(=O)N1CC[C@H](C(=O)O)C1)c1ccncc1. The molecule has 1 aromatic rings. The van der Waals surface area contributed by atoms with E-state index in [4.69, 9.17) is 5.11 Å². The van der Waals surface area contributed by atoms with Gasteiger partial charge in [-0.3, -0.25) is 14.6 Å². The van der Waals surface area contributed by atoms with Crippen LogP contribution in [0.25, 0.3) is 0 Å². The lowest BCUT2D eigenvalue weighted by molar-refractivity contribution is -0.141. The smallest absolute Gasteiger partial charge is 0.308 e. The van der Waals surface area contributed by atoms with E-state index in [0.717, 1.165) is 5.56 Å². The molecule has 1 fully saturated rings. The zero-order valence-corrected chi connectivity index (χ0v) is 11.0. The molecule has 5 nitrogen and oxygen atoms in total. The largest absolute Gasteiger partial charge is 0.481 e. The standard InChI is InChI=1S/C14H18N2O3/c1-10(11-2-5-15-6-3-11)8-13(17)16-7-4-12(9-16)14(18)19/h2-3,5-6,10,12H,4,7-9H2,1H3,(H,18,19)/t10-,12+/m1/s1. The summed E-state index contributed by atoms with van der Waals surface area (Å²) >= 11 is 0. The molecule has 1 amide bonds. The summed E-state index contributed by atoms with van der Waals surface area (Å²) in [6.45, 7) is 2.90. The van der Waals surface area contributed by atoms with E-state index in [0.29, 0.717) is 25.9 Å². The van der Waals surface area contributed by atoms with Crippen LogP contribution in [0, 0.1) is 5.92 Å². The average molecular weight is 262 g/mol. The minimum absolute atomic E-state index is 0.0352. The second kappa shape index (κ2) is 5.82. The molecule has 0 bridgehead atoms. The first-order valence-electron chi connectivity index (χ1n) is 6.48. The molecule has 0 radical (unpaired) electrons. The molecule has 0 spiro atoms. The highest BCUT2D eigenvalue weighted by molar-refractivity contribution is 5.79. The Balaban J connectivity index is 1.90. The normalized spacial score (nSPS) is 20.3. The van der Waals surface area contributed by atoms with E-state index < -0.39 is 11.9 Å². The third-order valence-electron chi connectivity index (χ3n) is 3.65. The van der Waals surface area contributed by atoms with E-state index >= 15 is 0 Å². The maximum absolute atomic E-state index is 12.1. The Bertz CT molecular complexity index is 461. The van der Waals surface area contributed by atoms with Gasteiger partial charge in [0.05, 0.1) is 5.92 Å². The minimum atomic E-state index is -0.808. The first-order valence-corrected chi connectivity index (χ1v) is 6.48. The van der Waals surface area contributed by atoms with Crippen molar-refractivity contribution in [2.45, 2.75) is 25.7 Å². The molecule has 1 aliphatic heterocycles. The number of rotatable bonds is 4. The number of aromatic nitrogens is 1. The van der Waals surface area contributed by atoms with Crippen molar-refractivity contribution < 1.29 is 14.7 Å². The summed E-state index contributed by atoms with van der Waals surface area (Å²) in [5.41, 5.74) is 1.08. The van der Waals surface area contributed by atoms with Gasteiger partial charge in [0.2, 0.25) is 5.91 Å². The summed E-state index contributed by atoms with van der Waals surface area (Å²) in [6.07, 6.45) is 4.40. The lowest BCUT2D eigenvalue weighted by Crippen LogP contribution is -2.30. The van der Waals surface area contributed by atoms with Gasteiger partial charge in [0, 0.05) is 31.9 Å². The number of carbonyl (C=O) groups excluding carboxylic acids is 1. The fourth-order valence-electron chi connectivity index (χ4n) is 2.39. The van der Waals surface area contributed by atoms with Crippen LogP contribution in [0.4, 0.5) is 0 Å². The number of nitrogens with zero attached hydrogens (tertiary/aromatic N) is 2. The van der Waals surface area contributed by atoms with Gasteiger partial charge in [-0.15, -0.1) is 0 Å². The van der Waals surface area contributed by atoms with Gasteiger partial charge in [-0.25, -0.2) is 0 Å². The number of carboxylic acids is 1. The minimum Gasteiger partial charge on any atom is -0.481 e. The summed E-state index contributed by atoms with van der Waals surface area (Å²) in [6, 6.07) is 3.81. The molecule has 5 heteroatoms. The predicted molar refractivity (Wildman–Crippen MR) is 69.6 cm³/mol. The van der Waals surface area contributed by atoms with Gasteiger partial charge < -0.3 is 10.0 Å². The van der Waals surface area contributed by atoms with Crippen LogP contribution in [0.3, 0.4) is 0 Å². The third kappa shape index (κ3) is 3.30. The van der Waals surface area contributed by atoms with Crippen LogP contribution in [0.1, 0.15) is 31.2 Å². The highest BCUT2D eigenvalue weighted by atomic mass is 16.4. The van der Waals surface area contributed by atoms with Gasteiger partial charge in [0.25, 0.3) is 0 Å². The van der Waals surface area contributed by atoms with Crippen molar-refractivity contribution in [2.75, 3.05) is 13.1 Å². The number of carbonyl (C=O) groups is 2. The van der Waals surface area contributed by atoms with Crippen molar-refractivity contribution in [3.05, 3.63) is 30.1 Å². The predicted octanol–water partition coefficient (Wildman–Crippen LogP) is 1.51. The zero-order valence-electron chi connectivity index (χ0n) is 11.0. The second-order valence-electron chi connectivity index (χ2n) is 5.05. The van der Waals surface area contributed by atoms with Crippen LogP contribution in [-0.4, -0.2) is 40.0 Å². The molecule has 1 saturated heterocycles. The Labute approximate surface area is 112 Å². The number of pyridine rings is 1. The van der Waals surface area contributed by atoms with Crippen molar-refractivity contribution in [2.24, 2.45) is 5.92 Å². The number of carboxylic acid groups (broad SMARTS) is 1. The maximum Gasteiger partial charge on any atom is 0.308 e. The van der Waals surface area contributed by atoms with Gasteiger partial charge in [-0.1, -0.05) is 6.92 Å². The monoisotopic (exact) mass is 262 g/mol. The molecule has 0 aliphatic carbocycles. The van der Waals surface area contributed by atoms with Crippen molar-refractivity contribution in [3.63, 3.8) is 0 Å². The number of hydrogen-bond donors (Lipinski definition) is 1. The molecule has 19 heavy (non-hydrogen) atoms. The third-order valence-corrected chi connectivity index (χ3v) is 3.65. The van der Waals surface area contributed by atoms with Gasteiger partial charge in [0.15, 0.2) is 0 Å². The van der Waals surface area contributed by atoms with Crippen LogP contribution in [0.15, 0.2) is 24.5 Å². The topological polar surface area (TPSA) is 70.5 Å². The van der Waals surface area contributed by atoms with E-state index in [1.807, 2.05) is 19.1 Å². The summed E-state index contributed by atoms with van der Waals surface area (Å²) in [5.74, 6) is -1.05. The van der Waals surface area contributed by atoms with Gasteiger partial charge in [-0.2, -0.15) is 0 Å². The van der Waals surface area contributed by atoms with Gasteiger partial charge in [0.1, 0.15) is 0 Å². The summed E-state index contributed by atoms with van der Waals surface area (Å²) in [7, 11) is 0. The lowest BCUT2D eigenvalue weighted by atomic mass is 9.98. The molecule has 102 valence electrons. The lowest BCUT2D eigenvalue weighted by Gasteiger charge is -2.18. The van der Waals surface area contributed by atoms with Crippen LogP contribution in [0.2, 0.25) is 0 Å². The van der Waals surface area contributed by atoms with Crippen molar-refractivity contribution in [3.8, 4) is 0 Å². The molecule has 1 aliphatic rings. The molecular weight excluding hydrogens is 244 g/mol. The first-order chi connectivity index (χ1) is 9.08. The van der Waals surface area contributed by atoms with Crippen LogP contribution >= 0.6 is 0 Å². The van der Waals surface area contributed by atoms with E-state index in [-0.39, 0.29) is 11.8 Å². The Morgan fingerprint density at radius 1 is 1.47 bits per heavy atom. The quantitative estimate of drug-likeness (QED) is 0.892. The molecule has 1 N–H and O–H groups in total. The first kappa shape index (κ1) is 13.5. The fraction of sp³-hybridized carbons (Fsp3) is 0.500. The average Bonchev–Trinajstić information content (AvgIpc) is 2.89. The molecule has 0 unspecified atom stereocenters. The number of amides is 1. The molecule has 2 heterocycles. The highest BCUT2D eigenvalue weighted by Gasteiger charge is 2.31. The van der Waals surface area contributed by atoms with E-state index in [1.54, 1.807) is 17.3 Å². The Morgan fingerprint density at radius 3 is 2.74 bits per heavy atom. The Hall–Kier alpha value is -1.91.